The molecule has 3 rings (SSSR count). The highest BCUT2D eigenvalue weighted by Crippen LogP contribution is 2.33. The van der Waals surface area contributed by atoms with Crippen LogP contribution in [0.25, 0.3) is 11.2 Å². The summed E-state index contributed by atoms with van der Waals surface area (Å²) in [5, 5.41) is 9.57. The second-order valence-electron chi connectivity index (χ2n) is 9.64. The Morgan fingerprint density at radius 2 is 1.69 bits per heavy atom. The van der Waals surface area contributed by atoms with Crippen molar-refractivity contribution in [3.8, 4) is 0 Å². The number of aliphatic hydroxyl groups excluding tert-OH is 1. The van der Waals surface area contributed by atoms with E-state index in [1.807, 2.05) is 0 Å². The van der Waals surface area contributed by atoms with Crippen LogP contribution in [0.15, 0.2) is 17.4 Å². The Hall–Kier alpha value is -2.26. The number of unbranched alkanes of at least 4 members (excludes halogenated alkanes) is 12. The van der Waals surface area contributed by atoms with Crippen molar-refractivity contribution in [2.24, 2.45) is 0 Å². The van der Waals surface area contributed by atoms with Gasteiger partial charge in [0.2, 0.25) is 0 Å². The molecule has 1 fully saturated rings. The number of nitrogens with one attached hydrogen (secondary N) is 1. The van der Waals surface area contributed by atoms with Crippen LogP contribution in [0.1, 0.15) is 109 Å². The van der Waals surface area contributed by atoms with Crippen LogP contribution < -0.4 is 5.56 Å². The maximum atomic E-state index is 12.5. The monoisotopic (exact) mass is 490 g/mol. The third kappa shape index (κ3) is 8.42. The van der Waals surface area contributed by atoms with E-state index in [4.69, 9.17) is 9.47 Å². The number of nitrogens with zero attached hydrogens (tertiary/aromatic N) is 3. The summed E-state index contributed by atoms with van der Waals surface area (Å²) >= 11 is 0. The molecule has 9 nitrogen and oxygen atoms in total. The standard InChI is InChI=1S/C26H42N4O5/c1-2-3-4-5-6-7-8-9-10-11-12-13-14-15-22(32)35-21-16-20(17-31)34-26(21)30-19-29-23-24(30)27-18-28-25(23)33/h18-21,26,31H,2-17H2,1H3,(H,27,28,33)/t20-,21+,26+/m0/s1. The third-order valence-electron chi connectivity index (χ3n) is 6.76. The number of ether oxygens (including phenoxy) is 2. The van der Waals surface area contributed by atoms with E-state index in [9.17, 15) is 14.7 Å². The first-order valence-corrected chi connectivity index (χ1v) is 13.5. The van der Waals surface area contributed by atoms with Crippen molar-refractivity contribution >= 4 is 17.1 Å². The summed E-state index contributed by atoms with van der Waals surface area (Å²) in [6.07, 6.45) is 18.1. The van der Waals surface area contributed by atoms with E-state index < -0.39 is 18.4 Å². The van der Waals surface area contributed by atoms with Crippen LogP contribution in [0.4, 0.5) is 0 Å². The van der Waals surface area contributed by atoms with Crippen molar-refractivity contribution in [2.75, 3.05) is 6.61 Å². The second-order valence-corrected chi connectivity index (χ2v) is 9.64. The lowest BCUT2D eigenvalue weighted by atomic mass is 10.0. The van der Waals surface area contributed by atoms with Crippen molar-refractivity contribution in [3.63, 3.8) is 0 Å². The van der Waals surface area contributed by atoms with E-state index >= 15 is 0 Å². The van der Waals surface area contributed by atoms with Gasteiger partial charge in [0.25, 0.3) is 5.56 Å². The molecule has 3 heterocycles. The molecule has 0 amide bonds. The SMILES string of the molecule is CCCCCCCCCCCCCCCC(=O)O[C@@H]1C[C@@H](CO)O[C@H]1n1cnc2c(=O)[nH]cnc21. The van der Waals surface area contributed by atoms with Gasteiger partial charge in [-0.1, -0.05) is 84.0 Å². The molecule has 196 valence electrons. The quantitative estimate of drug-likeness (QED) is 0.242. The van der Waals surface area contributed by atoms with E-state index in [0.29, 0.717) is 18.5 Å². The molecule has 9 heteroatoms. The number of aliphatic hydroxyl groups is 1. The van der Waals surface area contributed by atoms with Gasteiger partial charge in [0, 0.05) is 12.8 Å². The lowest BCUT2D eigenvalue weighted by Gasteiger charge is -2.20. The Balaban J connectivity index is 1.33. The highest BCUT2D eigenvalue weighted by atomic mass is 16.6. The van der Waals surface area contributed by atoms with E-state index in [0.717, 1.165) is 19.3 Å². The normalized spacial score (nSPS) is 20.0. The van der Waals surface area contributed by atoms with Crippen molar-refractivity contribution in [1.29, 1.82) is 0 Å². The first kappa shape index (κ1) is 27.3. The third-order valence-corrected chi connectivity index (χ3v) is 6.76. The molecule has 35 heavy (non-hydrogen) atoms. The van der Waals surface area contributed by atoms with Gasteiger partial charge < -0.3 is 19.6 Å². The molecule has 0 saturated carbocycles. The van der Waals surface area contributed by atoms with Crippen LogP contribution in [-0.4, -0.2) is 49.4 Å². The molecule has 1 aliphatic rings. The van der Waals surface area contributed by atoms with Crippen molar-refractivity contribution in [3.05, 3.63) is 23.0 Å². The molecular formula is C26H42N4O5. The molecule has 0 radical (unpaired) electrons. The molecule has 2 N–H and O–H groups in total. The van der Waals surface area contributed by atoms with Gasteiger partial charge in [0.1, 0.15) is 6.10 Å². The molecule has 1 aliphatic heterocycles. The highest BCUT2D eigenvalue weighted by Gasteiger charge is 2.39. The average molecular weight is 491 g/mol. The Morgan fingerprint density at radius 1 is 1.06 bits per heavy atom. The maximum Gasteiger partial charge on any atom is 0.306 e. The molecular weight excluding hydrogens is 448 g/mol. The van der Waals surface area contributed by atoms with Crippen LogP contribution in [0.2, 0.25) is 0 Å². The van der Waals surface area contributed by atoms with Crippen LogP contribution in [0.3, 0.4) is 0 Å². The lowest BCUT2D eigenvalue weighted by molar-refractivity contribution is -0.155. The van der Waals surface area contributed by atoms with E-state index in [-0.39, 0.29) is 23.7 Å². The first-order chi connectivity index (χ1) is 17.1. The summed E-state index contributed by atoms with van der Waals surface area (Å²) in [6, 6.07) is 0. The number of rotatable bonds is 17. The summed E-state index contributed by atoms with van der Waals surface area (Å²) in [4.78, 5) is 35.2. The zero-order chi connectivity index (χ0) is 24.9. The Morgan fingerprint density at radius 3 is 2.31 bits per heavy atom. The summed E-state index contributed by atoms with van der Waals surface area (Å²) in [5.74, 6) is -0.263. The fraction of sp³-hybridized carbons (Fsp3) is 0.769. The molecule has 1 saturated heterocycles. The van der Waals surface area contributed by atoms with E-state index in [2.05, 4.69) is 21.9 Å². The van der Waals surface area contributed by atoms with Gasteiger partial charge in [-0.2, -0.15) is 0 Å². The minimum atomic E-state index is -0.679. The zero-order valence-corrected chi connectivity index (χ0v) is 21.1. The molecule has 2 aromatic rings. The van der Waals surface area contributed by atoms with Gasteiger partial charge in [-0.15, -0.1) is 0 Å². The van der Waals surface area contributed by atoms with Gasteiger partial charge in [-0.25, -0.2) is 9.97 Å². The number of hydrogen-bond acceptors (Lipinski definition) is 7. The van der Waals surface area contributed by atoms with Gasteiger partial charge in [0.15, 0.2) is 17.4 Å². The smallest absolute Gasteiger partial charge is 0.306 e. The van der Waals surface area contributed by atoms with Gasteiger partial charge in [0.05, 0.1) is 25.4 Å². The zero-order valence-electron chi connectivity index (χ0n) is 21.1. The number of fused-ring (bicyclic) bond motifs is 1. The number of hydrogen-bond donors (Lipinski definition) is 2. The summed E-state index contributed by atoms with van der Waals surface area (Å²) < 4.78 is 13.2. The fourth-order valence-electron chi connectivity index (χ4n) is 4.75. The maximum absolute atomic E-state index is 12.5. The van der Waals surface area contributed by atoms with Crippen LogP contribution in [-0.2, 0) is 14.3 Å². The summed E-state index contributed by atoms with van der Waals surface area (Å²) in [6.45, 7) is 2.08. The molecule has 2 aromatic heterocycles. The topological polar surface area (TPSA) is 119 Å². The summed E-state index contributed by atoms with van der Waals surface area (Å²) in [7, 11) is 0. The van der Waals surface area contributed by atoms with E-state index in [1.165, 1.54) is 76.9 Å². The van der Waals surface area contributed by atoms with Crippen molar-refractivity contribution < 1.29 is 19.4 Å². The van der Waals surface area contributed by atoms with Crippen LogP contribution in [0.5, 0.6) is 0 Å². The van der Waals surface area contributed by atoms with Crippen molar-refractivity contribution in [1.82, 2.24) is 19.5 Å². The molecule has 3 atom stereocenters. The molecule has 0 bridgehead atoms. The van der Waals surface area contributed by atoms with Crippen LogP contribution in [0, 0.1) is 0 Å². The Labute approximate surface area is 207 Å². The number of H-pyrrole nitrogens is 1. The molecule has 0 spiro atoms. The molecule has 0 aliphatic carbocycles. The number of aromatic amines is 1. The molecule has 0 aromatic carbocycles. The average Bonchev–Trinajstić information content (AvgIpc) is 3.46. The largest absolute Gasteiger partial charge is 0.457 e. The predicted molar refractivity (Wildman–Crippen MR) is 134 cm³/mol. The predicted octanol–water partition coefficient (Wildman–Crippen LogP) is 4.79. The fourth-order valence-corrected chi connectivity index (χ4v) is 4.75. The lowest BCUT2D eigenvalue weighted by Crippen LogP contribution is -2.25. The number of aromatic nitrogens is 4. The first-order valence-electron chi connectivity index (χ1n) is 13.5. The van der Waals surface area contributed by atoms with Gasteiger partial charge >= 0.3 is 5.97 Å². The van der Waals surface area contributed by atoms with Crippen molar-refractivity contribution in [2.45, 2.75) is 122 Å². The van der Waals surface area contributed by atoms with E-state index in [1.54, 1.807) is 4.57 Å². The molecule has 0 unspecified atom stereocenters. The van der Waals surface area contributed by atoms with Gasteiger partial charge in [-0.3, -0.25) is 14.2 Å². The minimum absolute atomic E-state index is 0.177. The van der Waals surface area contributed by atoms with Gasteiger partial charge in [-0.05, 0) is 6.42 Å². The number of imidazole rings is 1. The Kier molecular flexibility index (Phi) is 11.7. The minimum Gasteiger partial charge on any atom is -0.457 e. The number of carbonyl (C=O) groups is 1. The highest BCUT2D eigenvalue weighted by molar-refractivity contribution is 5.70. The number of carbonyl (C=O) groups excluding carboxylic acids is 1. The summed E-state index contributed by atoms with van der Waals surface area (Å²) in [5.41, 5.74) is 0.205. The second kappa shape index (κ2) is 15.0. The van der Waals surface area contributed by atoms with Crippen LogP contribution >= 0.6 is 0 Å². The Bertz CT molecular complexity index is 943. The number of esters is 1.